The van der Waals surface area contributed by atoms with Gasteiger partial charge >= 0.3 is 11.9 Å². The fourth-order valence-electron chi connectivity index (χ4n) is 2.06. The van der Waals surface area contributed by atoms with Crippen molar-refractivity contribution in [1.29, 1.82) is 0 Å². The number of allylic oxidation sites excluding steroid dienone is 2. The molecule has 0 saturated heterocycles. The first-order valence-corrected chi connectivity index (χ1v) is 3.77. The molecule has 1 saturated carbocycles. The van der Waals surface area contributed by atoms with Gasteiger partial charge in [-0.2, -0.15) is 0 Å². The van der Waals surface area contributed by atoms with Crippen LogP contribution >= 0.6 is 0 Å². The van der Waals surface area contributed by atoms with Crippen LogP contribution in [0.1, 0.15) is 0 Å². The zero-order valence-electron chi connectivity index (χ0n) is 6.18. The summed E-state index contributed by atoms with van der Waals surface area (Å²) in [5.74, 6) is -3.43. The molecule has 0 aromatic rings. The van der Waals surface area contributed by atoms with Gasteiger partial charge in [-0.25, -0.2) is 0 Å². The van der Waals surface area contributed by atoms with Crippen molar-refractivity contribution in [3.63, 3.8) is 0 Å². The van der Waals surface area contributed by atoms with Crippen LogP contribution in [0.2, 0.25) is 0 Å². The van der Waals surface area contributed by atoms with E-state index in [0.717, 1.165) is 0 Å². The van der Waals surface area contributed by atoms with E-state index < -0.39 is 23.8 Å². The predicted molar refractivity (Wildman–Crippen MR) is 38.4 cm³/mol. The molecule has 0 unspecified atom stereocenters. The van der Waals surface area contributed by atoms with E-state index in [1.807, 2.05) is 0 Å². The molecule has 0 spiro atoms. The van der Waals surface area contributed by atoms with E-state index in [2.05, 4.69) is 0 Å². The molecule has 0 radical (unpaired) electrons. The molecule has 2 aliphatic carbocycles. The first kappa shape index (κ1) is 7.34. The van der Waals surface area contributed by atoms with Gasteiger partial charge in [-0.15, -0.1) is 0 Å². The third-order valence-corrected chi connectivity index (χ3v) is 2.79. The normalized spacial score (nSPS) is 42.3. The number of hydrogen-bond acceptors (Lipinski definition) is 2. The summed E-state index contributed by atoms with van der Waals surface area (Å²) < 4.78 is 0. The van der Waals surface area contributed by atoms with Gasteiger partial charge in [-0.05, 0) is 11.8 Å². The molecule has 2 N–H and O–H groups in total. The number of carbonyl (C=O) groups is 2. The third kappa shape index (κ3) is 0.668. The van der Waals surface area contributed by atoms with Crippen molar-refractivity contribution in [3.05, 3.63) is 12.2 Å². The van der Waals surface area contributed by atoms with Crippen LogP contribution in [-0.4, -0.2) is 22.2 Å². The van der Waals surface area contributed by atoms with Crippen molar-refractivity contribution in [3.8, 4) is 0 Å². The van der Waals surface area contributed by atoms with Gasteiger partial charge in [0.25, 0.3) is 0 Å². The van der Waals surface area contributed by atoms with Gasteiger partial charge in [-0.1, -0.05) is 12.2 Å². The molecule has 2 rings (SSSR count). The minimum Gasteiger partial charge on any atom is -0.481 e. The van der Waals surface area contributed by atoms with Crippen molar-refractivity contribution >= 4 is 11.9 Å². The molecular weight excluding hydrogens is 160 g/mol. The molecule has 4 atom stereocenters. The second-order valence-electron chi connectivity index (χ2n) is 3.27. The minimum atomic E-state index is -0.993. The Labute approximate surface area is 68.5 Å². The molecule has 0 amide bonds. The Kier molecular flexibility index (Phi) is 1.28. The van der Waals surface area contributed by atoms with Crippen molar-refractivity contribution in [2.24, 2.45) is 23.7 Å². The van der Waals surface area contributed by atoms with Crippen LogP contribution in [-0.2, 0) is 9.59 Å². The maximum atomic E-state index is 10.6. The lowest BCUT2D eigenvalue weighted by molar-refractivity contribution is -0.170. The van der Waals surface area contributed by atoms with Crippen molar-refractivity contribution in [1.82, 2.24) is 0 Å². The number of fused-ring (bicyclic) bond motifs is 1. The fraction of sp³-hybridized carbons (Fsp3) is 0.500. The highest BCUT2D eigenvalue weighted by molar-refractivity contribution is 5.84. The second-order valence-corrected chi connectivity index (χ2v) is 3.27. The van der Waals surface area contributed by atoms with Crippen LogP contribution in [0.15, 0.2) is 12.2 Å². The smallest absolute Gasteiger partial charge is 0.308 e. The Morgan fingerprint density at radius 2 is 1.25 bits per heavy atom. The van der Waals surface area contributed by atoms with Crippen LogP contribution in [0.25, 0.3) is 0 Å². The summed E-state index contributed by atoms with van der Waals surface area (Å²) in [6, 6.07) is 0. The molecule has 0 aromatic carbocycles. The molecule has 2 aliphatic rings. The van der Waals surface area contributed by atoms with Crippen LogP contribution in [0, 0.1) is 23.7 Å². The lowest BCUT2D eigenvalue weighted by Gasteiger charge is -2.50. The van der Waals surface area contributed by atoms with Gasteiger partial charge in [0, 0.05) is 0 Å². The van der Waals surface area contributed by atoms with Gasteiger partial charge in [0.1, 0.15) is 0 Å². The van der Waals surface area contributed by atoms with E-state index in [9.17, 15) is 9.59 Å². The molecule has 64 valence electrons. The van der Waals surface area contributed by atoms with Crippen molar-refractivity contribution in [2.75, 3.05) is 0 Å². The Bertz CT molecular complexity index is 253. The molecule has 0 heterocycles. The summed E-state index contributed by atoms with van der Waals surface area (Å²) in [4.78, 5) is 21.2. The zero-order valence-corrected chi connectivity index (χ0v) is 6.18. The standard InChI is InChI=1S/C8H8O4/c9-7(10)5-3-1-2-4(3)6(5)8(11)12/h1-6H,(H,9,10)(H,11,12)/t3-,4-,5-,6+/m1/s1. The monoisotopic (exact) mass is 168 g/mol. The van der Waals surface area contributed by atoms with Crippen LogP contribution in [0.3, 0.4) is 0 Å². The quantitative estimate of drug-likeness (QED) is 0.578. The molecule has 4 nitrogen and oxygen atoms in total. The Morgan fingerprint density at radius 1 is 0.917 bits per heavy atom. The molecule has 1 fully saturated rings. The maximum absolute atomic E-state index is 10.6. The van der Waals surface area contributed by atoms with E-state index in [1.165, 1.54) is 0 Å². The van der Waals surface area contributed by atoms with Gasteiger partial charge in [0.15, 0.2) is 0 Å². The number of rotatable bonds is 2. The highest BCUT2D eigenvalue weighted by atomic mass is 16.4. The van der Waals surface area contributed by atoms with Gasteiger partial charge < -0.3 is 10.2 Å². The van der Waals surface area contributed by atoms with E-state index in [1.54, 1.807) is 12.2 Å². The molecule has 12 heavy (non-hydrogen) atoms. The summed E-state index contributed by atoms with van der Waals surface area (Å²) in [7, 11) is 0. The summed E-state index contributed by atoms with van der Waals surface area (Å²) in [5.41, 5.74) is 0. The third-order valence-electron chi connectivity index (χ3n) is 2.79. The molecule has 0 aromatic heterocycles. The highest BCUT2D eigenvalue weighted by Gasteiger charge is 2.58. The largest absolute Gasteiger partial charge is 0.481 e. The Balaban J connectivity index is 2.19. The topological polar surface area (TPSA) is 74.6 Å². The fourth-order valence-corrected chi connectivity index (χ4v) is 2.06. The average Bonchev–Trinajstić information content (AvgIpc) is 1.91. The summed E-state index contributed by atoms with van der Waals surface area (Å²) in [6.45, 7) is 0. The Hall–Kier alpha value is -1.32. The maximum Gasteiger partial charge on any atom is 0.308 e. The minimum absolute atomic E-state index is 0.0244. The first-order valence-electron chi connectivity index (χ1n) is 3.77. The number of carboxylic acids is 2. The SMILES string of the molecule is O=C(O)[C@@H]1[C@@H]2C=C[C@H]2[C@@H]1C(=O)O. The Morgan fingerprint density at radius 3 is 1.42 bits per heavy atom. The first-order chi connectivity index (χ1) is 5.63. The predicted octanol–water partition coefficient (Wildman–Crippen LogP) is 0.204. The van der Waals surface area contributed by atoms with Crippen LogP contribution in [0.5, 0.6) is 0 Å². The highest BCUT2D eigenvalue weighted by Crippen LogP contribution is 2.53. The van der Waals surface area contributed by atoms with Crippen molar-refractivity contribution < 1.29 is 19.8 Å². The van der Waals surface area contributed by atoms with Crippen LogP contribution < -0.4 is 0 Å². The lowest BCUT2D eigenvalue weighted by Crippen LogP contribution is -2.56. The van der Waals surface area contributed by atoms with Gasteiger partial charge in [-0.3, -0.25) is 9.59 Å². The molecule has 0 bridgehead atoms. The van der Waals surface area contributed by atoms with E-state index in [0.29, 0.717) is 0 Å². The lowest BCUT2D eigenvalue weighted by atomic mass is 9.51. The molecule has 0 aliphatic heterocycles. The van der Waals surface area contributed by atoms with E-state index in [4.69, 9.17) is 10.2 Å². The average molecular weight is 168 g/mol. The van der Waals surface area contributed by atoms with Crippen molar-refractivity contribution in [2.45, 2.75) is 0 Å². The zero-order chi connectivity index (χ0) is 8.88. The number of aliphatic carboxylic acids is 2. The van der Waals surface area contributed by atoms with Gasteiger partial charge in [0.2, 0.25) is 0 Å². The number of hydrogen-bond donors (Lipinski definition) is 2. The second kappa shape index (κ2) is 2.09. The molecule has 4 heteroatoms. The summed E-state index contributed by atoms with van der Waals surface area (Å²) >= 11 is 0. The number of carboxylic acid groups (broad SMARTS) is 2. The molecular formula is C8H8O4. The van der Waals surface area contributed by atoms with E-state index >= 15 is 0 Å². The summed E-state index contributed by atoms with van der Waals surface area (Å²) in [5, 5.41) is 17.4. The van der Waals surface area contributed by atoms with Crippen LogP contribution in [0.4, 0.5) is 0 Å². The van der Waals surface area contributed by atoms with E-state index in [-0.39, 0.29) is 11.8 Å². The van der Waals surface area contributed by atoms with Gasteiger partial charge in [0.05, 0.1) is 11.8 Å². The summed E-state index contributed by atoms with van der Waals surface area (Å²) in [6.07, 6.45) is 3.56.